The van der Waals surface area contributed by atoms with Crippen molar-refractivity contribution in [2.75, 3.05) is 6.61 Å². The van der Waals surface area contributed by atoms with Crippen LogP contribution in [0, 0.1) is 17.0 Å². The van der Waals surface area contributed by atoms with E-state index in [1.54, 1.807) is 6.92 Å². The Morgan fingerprint density at radius 2 is 2.05 bits per heavy atom. The number of hydrogen-bond donors (Lipinski definition) is 3. The molecule has 1 amide bonds. The molecule has 0 heterocycles. The highest BCUT2D eigenvalue weighted by molar-refractivity contribution is 5.97. The van der Waals surface area contributed by atoms with Crippen LogP contribution in [0.25, 0.3) is 0 Å². The van der Waals surface area contributed by atoms with Crippen LogP contribution in [0.2, 0.25) is 0 Å². The molecule has 0 aliphatic carbocycles. The third-order valence-electron chi connectivity index (χ3n) is 2.32. The van der Waals surface area contributed by atoms with Crippen molar-refractivity contribution in [1.29, 1.82) is 0 Å². The lowest BCUT2D eigenvalue weighted by Gasteiger charge is -2.11. The highest BCUT2D eigenvalue weighted by Crippen LogP contribution is 2.16. The van der Waals surface area contributed by atoms with Crippen LogP contribution < -0.4 is 5.32 Å². The number of aryl methyl sites for hydroxylation is 1. The van der Waals surface area contributed by atoms with E-state index in [2.05, 4.69) is 5.32 Å². The van der Waals surface area contributed by atoms with E-state index in [1.807, 2.05) is 0 Å². The van der Waals surface area contributed by atoms with Gasteiger partial charge in [0.2, 0.25) is 0 Å². The van der Waals surface area contributed by atoms with Gasteiger partial charge in [0, 0.05) is 17.7 Å². The predicted octanol–water partition coefficient (Wildman–Crippen LogP) is 0.0785. The van der Waals surface area contributed by atoms with Gasteiger partial charge in [-0.2, -0.15) is 0 Å². The minimum absolute atomic E-state index is 0.0357. The van der Waals surface area contributed by atoms with Crippen LogP contribution in [0.5, 0.6) is 0 Å². The van der Waals surface area contributed by atoms with Crippen LogP contribution in [0.15, 0.2) is 18.2 Å². The number of nitro groups is 1. The highest BCUT2D eigenvalue weighted by atomic mass is 16.6. The third kappa shape index (κ3) is 3.75. The van der Waals surface area contributed by atoms with E-state index >= 15 is 0 Å². The van der Waals surface area contributed by atoms with Gasteiger partial charge in [0.1, 0.15) is 0 Å². The minimum atomic E-state index is -1.45. The van der Waals surface area contributed by atoms with Gasteiger partial charge < -0.3 is 15.5 Å². The number of benzene rings is 1. The van der Waals surface area contributed by atoms with E-state index in [4.69, 9.17) is 10.2 Å². The quantitative estimate of drug-likeness (QED) is 0.512. The van der Waals surface area contributed by atoms with Crippen molar-refractivity contribution in [2.45, 2.75) is 13.0 Å². The number of nitro benzene ring substituents is 1. The third-order valence-corrected chi connectivity index (χ3v) is 2.32. The van der Waals surface area contributed by atoms with Crippen molar-refractivity contribution in [2.24, 2.45) is 0 Å². The number of amides is 1. The molecule has 0 saturated heterocycles. The first-order valence-electron chi connectivity index (χ1n) is 5.25. The molecule has 0 bridgehead atoms. The Morgan fingerprint density at radius 3 is 2.53 bits per heavy atom. The Balaban J connectivity index is 2.99. The monoisotopic (exact) mass is 268 g/mol. The summed E-state index contributed by atoms with van der Waals surface area (Å²) in [5, 5.41) is 30.2. The summed E-state index contributed by atoms with van der Waals surface area (Å²) in [5.74, 6) is -2.19. The molecular weight excluding hydrogens is 256 g/mol. The molecular formula is C11H12N2O6. The van der Waals surface area contributed by atoms with Gasteiger partial charge in [-0.25, -0.2) is 4.79 Å². The minimum Gasteiger partial charge on any atom is -0.480 e. The lowest BCUT2D eigenvalue weighted by Crippen LogP contribution is -2.43. The summed E-state index contributed by atoms with van der Waals surface area (Å²) < 4.78 is 0. The molecule has 3 N–H and O–H groups in total. The molecule has 0 aliphatic heterocycles. The fourth-order valence-corrected chi connectivity index (χ4v) is 1.43. The van der Waals surface area contributed by atoms with Gasteiger partial charge in [-0.3, -0.25) is 14.9 Å². The van der Waals surface area contributed by atoms with Crippen LogP contribution in [0.3, 0.4) is 0 Å². The molecule has 0 radical (unpaired) electrons. The number of aliphatic hydroxyl groups is 1. The maximum atomic E-state index is 11.7. The van der Waals surface area contributed by atoms with E-state index in [9.17, 15) is 19.7 Å². The summed E-state index contributed by atoms with van der Waals surface area (Å²) in [6.45, 7) is 0.805. The Morgan fingerprint density at radius 1 is 1.42 bits per heavy atom. The average Bonchev–Trinajstić information content (AvgIpc) is 2.34. The van der Waals surface area contributed by atoms with Gasteiger partial charge in [-0.05, 0) is 18.6 Å². The maximum absolute atomic E-state index is 11.7. The summed E-state index contributed by atoms with van der Waals surface area (Å²) >= 11 is 0. The molecule has 8 heteroatoms. The van der Waals surface area contributed by atoms with Crippen molar-refractivity contribution in [3.05, 3.63) is 39.4 Å². The number of carboxylic acid groups (broad SMARTS) is 1. The number of carboxylic acids is 1. The maximum Gasteiger partial charge on any atom is 0.328 e. The SMILES string of the molecule is Cc1cc(C(=O)N[C@@H](CO)C(=O)O)cc([N+](=O)[O-])c1. The smallest absolute Gasteiger partial charge is 0.328 e. The number of carbonyl (C=O) groups excluding carboxylic acids is 1. The molecule has 0 aromatic heterocycles. The van der Waals surface area contributed by atoms with Crippen LogP contribution in [-0.2, 0) is 4.79 Å². The predicted molar refractivity (Wildman–Crippen MR) is 63.8 cm³/mol. The molecule has 102 valence electrons. The molecule has 0 unspecified atom stereocenters. The van der Waals surface area contributed by atoms with Crippen molar-refractivity contribution in [3.63, 3.8) is 0 Å². The first-order chi connectivity index (χ1) is 8.85. The second-order valence-electron chi connectivity index (χ2n) is 3.86. The van der Waals surface area contributed by atoms with Crippen molar-refractivity contribution < 1.29 is 24.7 Å². The van der Waals surface area contributed by atoms with Gasteiger partial charge >= 0.3 is 5.97 Å². The lowest BCUT2D eigenvalue weighted by molar-refractivity contribution is -0.384. The van der Waals surface area contributed by atoms with Crippen LogP contribution >= 0.6 is 0 Å². The second kappa shape index (κ2) is 5.91. The molecule has 1 rings (SSSR count). The van der Waals surface area contributed by atoms with E-state index < -0.39 is 29.4 Å². The summed E-state index contributed by atoms with van der Waals surface area (Å²) in [7, 11) is 0. The lowest BCUT2D eigenvalue weighted by atomic mass is 10.1. The molecule has 0 fully saturated rings. The average molecular weight is 268 g/mol. The molecule has 1 atom stereocenters. The van der Waals surface area contributed by atoms with E-state index in [1.165, 1.54) is 12.1 Å². The van der Waals surface area contributed by atoms with Crippen LogP contribution in [-0.4, -0.2) is 39.7 Å². The standard InChI is InChI=1S/C11H12N2O6/c1-6-2-7(4-8(3-6)13(18)19)10(15)12-9(5-14)11(16)17/h2-4,9,14H,5H2,1H3,(H,12,15)(H,16,17)/t9-/m0/s1. The van der Waals surface area contributed by atoms with Crippen LogP contribution in [0.4, 0.5) is 5.69 Å². The zero-order valence-corrected chi connectivity index (χ0v) is 9.99. The van der Waals surface area contributed by atoms with Gasteiger partial charge in [-0.1, -0.05) is 0 Å². The molecule has 0 spiro atoms. The zero-order chi connectivity index (χ0) is 14.6. The summed E-state index contributed by atoms with van der Waals surface area (Å²) in [6.07, 6.45) is 0. The number of carbonyl (C=O) groups is 2. The number of non-ortho nitro benzene ring substituents is 1. The van der Waals surface area contributed by atoms with Gasteiger partial charge in [0.25, 0.3) is 11.6 Å². The number of rotatable bonds is 5. The van der Waals surface area contributed by atoms with Gasteiger partial charge in [0.15, 0.2) is 6.04 Å². The van der Waals surface area contributed by atoms with Gasteiger partial charge in [0.05, 0.1) is 11.5 Å². The normalized spacial score (nSPS) is 11.7. The van der Waals surface area contributed by atoms with Crippen molar-refractivity contribution in [1.82, 2.24) is 5.32 Å². The zero-order valence-electron chi connectivity index (χ0n) is 9.99. The fourth-order valence-electron chi connectivity index (χ4n) is 1.43. The summed E-state index contributed by atoms with van der Waals surface area (Å²) in [6, 6.07) is 2.27. The Labute approximate surface area is 107 Å². The Hall–Kier alpha value is -2.48. The first kappa shape index (κ1) is 14.6. The molecule has 8 nitrogen and oxygen atoms in total. The largest absolute Gasteiger partial charge is 0.480 e. The molecule has 19 heavy (non-hydrogen) atoms. The summed E-state index contributed by atoms with van der Waals surface area (Å²) in [5.41, 5.74) is 0.197. The van der Waals surface area contributed by atoms with Crippen molar-refractivity contribution >= 4 is 17.6 Å². The fraction of sp³-hybridized carbons (Fsp3) is 0.273. The van der Waals surface area contributed by atoms with E-state index in [-0.39, 0.29) is 11.3 Å². The number of nitrogens with zero attached hydrogens (tertiary/aromatic N) is 1. The molecule has 1 aromatic rings. The molecule has 0 aliphatic rings. The number of hydrogen-bond acceptors (Lipinski definition) is 5. The Bertz CT molecular complexity index is 528. The first-order valence-corrected chi connectivity index (χ1v) is 5.25. The van der Waals surface area contributed by atoms with Crippen LogP contribution in [0.1, 0.15) is 15.9 Å². The molecule has 0 saturated carbocycles. The molecule has 1 aromatic carbocycles. The summed E-state index contributed by atoms with van der Waals surface area (Å²) in [4.78, 5) is 32.4. The number of aliphatic carboxylic acids is 1. The topological polar surface area (TPSA) is 130 Å². The number of nitrogens with one attached hydrogen (secondary N) is 1. The van der Waals surface area contributed by atoms with E-state index in [0.717, 1.165) is 6.07 Å². The highest BCUT2D eigenvalue weighted by Gasteiger charge is 2.21. The van der Waals surface area contributed by atoms with Gasteiger partial charge in [-0.15, -0.1) is 0 Å². The number of aliphatic hydroxyl groups excluding tert-OH is 1. The Kier molecular flexibility index (Phi) is 4.54. The van der Waals surface area contributed by atoms with E-state index in [0.29, 0.717) is 5.56 Å². The van der Waals surface area contributed by atoms with Crippen molar-refractivity contribution in [3.8, 4) is 0 Å². The second-order valence-corrected chi connectivity index (χ2v) is 3.86.